The van der Waals surface area contributed by atoms with Crippen molar-refractivity contribution in [2.24, 2.45) is 0 Å². The number of hydroxylamine groups is 1. The van der Waals surface area contributed by atoms with Gasteiger partial charge in [0.05, 0.1) is 6.61 Å². The van der Waals surface area contributed by atoms with Gasteiger partial charge in [-0.1, -0.05) is 60.7 Å². The van der Waals surface area contributed by atoms with Gasteiger partial charge in [0, 0.05) is 13.1 Å². The van der Waals surface area contributed by atoms with Crippen LogP contribution >= 0.6 is 0 Å². The summed E-state index contributed by atoms with van der Waals surface area (Å²) in [5.74, 6) is 0. The largest absolute Gasteiger partial charge is 0.445 e. The van der Waals surface area contributed by atoms with E-state index in [0.717, 1.165) is 30.5 Å². The van der Waals surface area contributed by atoms with Gasteiger partial charge in [-0.3, -0.25) is 4.84 Å². The number of alkyl carbamates (subject to hydrolysis) is 1. The van der Waals surface area contributed by atoms with Crippen LogP contribution in [0.3, 0.4) is 0 Å². The van der Waals surface area contributed by atoms with E-state index in [0.29, 0.717) is 19.8 Å². The smallest absolute Gasteiger partial charge is 0.407 e. The number of hydrogen-bond donors (Lipinski definition) is 2. The Bertz CT molecular complexity index is 576. The minimum atomic E-state index is -0.382. The molecular weight excluding hydrogens is 304 g/mol. The van der Waals surface area contributed by atoms with Crippen molar-refractivity contribution in [2.75, 3.05) is 13.1 Å². The maximum absolute atomic E-state index is 11.5. The first-order valence-corrected chi connectivity index (χ1v) is 8.18. The van der Waals surface area contributed by atoms with Crippen molar-refractivity contribution >= 4 is 6.09 Å². The van der Waals surface area contributed by atoms with E-state index in [2.05, 4.69) is 10.8 Å². The Hall–Kier alpha value is -2.37. The Kier molecular flexibility index (Phi) is 8.40. The lowest BCUT2D eigenvalue weighted by molar-refractivity contribution is 0.0273. The minimum absolute atomic E-state index is 0.293. The van der Waals surface area contributed by atoms with Crippen LogP contribution in [-0.2, 0) is 22.8 Å². The molecule has 0 aromatic heterocycles. The summed E-state index contributed by atoms with van der Waals surface area (Å²) in [5, 5.41) is 2.74. The first kappa shape index (κ1) is 18.0. The number of amides is 1. The second kappa shape index (κ2) is 11.2. The van der Waals surface area contributed by atoms with Crippen LogP contribution in [0.15, 0.2) is 60.7 Å². The molecule has 0 spiro atoms. The average molecular weight is 328 g/mol. The summed E-state index contributed by atoms with van der Waals surface area (Å²) in [6, 6.07) is 19.6. The van der Waals surface area contributed by atoms with E-state index < -0.39 is 0 Å². The molecule has 2 N–H and O–H groups in total. The molecule has 0 aliphatic heterocycles. The monoisotopic (exact) mass is 328 g/mol. The zero-order valence-electron chi connectivity index (χ0n) is 13.7. The summed E-state index contributed by atoms with van der Waals surface area (Å²) in [6.45, 7) is 2.17. The SMILES string of the molecule is O=C(NCCCCNOCc1ccccc1)OCc1ccccc1. The van der Waals surface area contributed by atoms with Crippen LogP contribution in [0.2, 0.25) is 0 Å². The highest BCUT2D eigenvalue weighted by molar-refractivity contribution is 5.67. The molecular formula is C19H24N2O3. The van der Waals surface area contributed by atoms with Gasteiger partial charge in [-0.2, -0.15) is 0 Å². The van der Waals surface area contributed by atoms with E-state index >= 15 is 0 Å². The Labute approximate surface area is 142 Å². The van der Waals surface area contributed by atoms with Crippen molar-refractivity contribution in [3.05, 3.63) is 71.8 Å². The van der Waals surface area contributed by atoms with Gasteiger partial charge < -0.3 is 10.1 Å². The number of carbonyl (C=O) groups is 1. The van der Waals surface area contributed by atoms with Gasteiger partial charge in [0.1, 0.15) is 6.61 Å². The van der Waals surface area contributed by atoms with E-state index in [1.807, 2.05) is 60.7 Å². The fourth-order valence-corrected chi connectivity index (χ4v) is 2.07. The van der Waals surface area contributed by atoms with Crippen molar-refractivity contribution in [3.8, 4) is 0 Å². The summed E-state index contributed by atoms with van der Waals surface area (Å²) in [6.07, 6.45) is 1.39. The highest BCUT2D eigenvalue weighted by Gasteiger charge is 2.01. The molecule has 2 rings (SSSR count). The van der Waals surface area contributed by atoms with E-state index in [-0.39, 0.29) is 6.09 Å². The molecule has 0 atom stereocenters. The van der Waals surface area contributed by atoms with Gasteiger partial charge in [-0.15, -0.1) is 0 Å². The second-order valence-electron chi connectivity index (χ2n) is 5.36. The molecule has 0 bridgehead atoms. The maximum atomic E-state index is 11.5. The molecule has 2 aromatic carbocycles. The van der Waals surface area contributed by atoms with Crippen LogP contribution in [0.25, 0.3) is 0 Å². The van der Waals surface area contributed by atoms with E-state index in [9.17, 15) is 4.79 Å². The quantitative estimate of drug-likeness (QED) is 0.518. The summed E-state index contributed by atoms with van der Waals surface area (Å²) in [4.78, 5) is 16.9. The molecule has 24 heavy (non-hydrogen) atoms. The number of carbonyl (C=O) groups excluding carboxylic acids is 1. The van der Waals surface area contributed by atoms with Crippen LogP contribution in [0.1, 0.15) is 24.0 Å². The molecule has 0 aliphatic rings. The van der Waals surface area contributed by atoms with Crippen LogP contribution in [0, 0.1) is 0 Å². The van der Waals surface area contributed by atoms with Gasteiger partial charge in [0.15, 0.2) is 0 Å². The van der Waals surface area contributed by atoms with Crippen molar-refractivity contribution in [1.29, 1.82) is 0 Å². The molecule has 1 amide bonds. The summed E-state index contributed by atoms with van der Waals surface area (Å²) < 4.78 is 5.13. The summed E-state index contributed by atoms with van der Waals surface area (Å²) in [5.41, 5.74) is 5.04. The normalized spacial score (nSPS) is 10.3. The van der Waals surface area contributed by atoms with Crippen molar-refractivity contribution in [2.45, 2.75) is 26.1 Å². The number of hydrogen-bond acceptors (Lipinski definition) is 4. The van der Waals surface area contributed by atoms with Crippen LogP contribution < -0.4 is 10.8 Å². The average Bonchev–Trinajstić information content (AvgIpc) is 2.64. The van der Waals surface area contributed by atoms with E-state index in [1.54, 1.807) is 0 Å². The van der Waals surface area contributed by atoms with Gasteiger partial charge in [0.2, 0.25) is 0 Å². The van der Waals surface area contributed by atoms with Crippen molar-refractivity contribution in [3.63, 3.8) is 0 Å². The van der Waals surface area contributed by atoms with Gasteiger partial charge in [-0.05, 0) is 24.0 Å². The number of unbranched alkanes of at least 4 members (excludes halogenated alkanes) is 1. The van der Waals surface area contributed by atoms with Gasteiger partial charge in [-0.25, -0.2) is 10.3 Å². The zero-order valence-corrected chi connectivity index (χ0v) is 13.7. The molecule has 5 nitrogen and oxygen atoms in total. The molecule has 5 heteroatoms. The van der Waals surface area contributed by atoms with Crippen molar-refractivity contribution in [1.82, 2.24) is 10.8 Å². The van der Waals surface area contributed by atoms with E-state index in [4.69, 9.17) is 9.57 Å². The molecule has 0 heterocycles. The molecule has 0 unspecified atom stereocenters. The second-order valence-corrected chi connectivity index (χ2v) is 5.36. The Balaban J connectivity index is 1.41. The van der Waals surface area contributed by atoms with Crippen LogP contribution in [0.5, 0.6) is 0 Å². The van der Waals surface area contributed by atoms with Crippen molar-refractivity contribution < 1.29 is 14.4 Å². The Morgan fingerprint density at radius 1 is 0.792 bits per heavy atom. The highest BCUT2D eigenvalue weighted by Crippen LogP contribution is 2.01. The third kappa shape index (κ3) is 7.76. The first-order valence-electron chi connectivity index (χ1n) is 8.18. The number of ether oxygens (including phenoxy) is 1. The number of rotatable bonds is 10. The maximum Gasteiger partial charge on any atom is 0.407 e. The highest BCUT2D eigenvalue weighted by atomic mass is 16.6. The van der Waals surface area contributed by atoms with Crippen LogP contribution in [0.4, 0.5) is 4.79 Å². The lowest BCUT2D eigenvalue weighted by Crippen LogP contribution is -2.26. The molecule has 128 valence electrons. The Morgan fingerprint density at radius 3 is 2.04 bits per heavy atom. The molecule has 0 fully saturated rings. The molecule has 2 aromatic rings. The molecule has 0 radical (unpaired) electrons. The summed E-state index contributed by atoms with van der Waals surface area (Å²) in [7, 11) is 0. The molecule has 0 aliphatic carbocycles. The molecule has 0 saturated carbocycles. The predicted molar refractivity (Wildman–Crippen MR) is 93.1 cm³/mol. The van der Waals surface area contributed by atoms with Gasteiger partial charge in [0.25, 0.3) is 0 Å². The van der Waals surface area contributed by atoms with E-state index in [1.165, 1.54) is 0 Å². The third-order valence-electron chi connectivity index (χ3n) is 3.37. The standard InChI is InChI=1S/C19H24N2O3/c22-19(23-15-17-9-3-1-4-10-17)20-13-7-8-14-21-24-16-18-11-5-2-6-12-18/h1-6,9-12,21H,7-8,13-16H2,(H,20,22). The zero-order chi connectivity index (χ0) is 16.9. The summed E-state index contributed by atoms with van der Waals surface area (Å²) >= 11 is 0. The number of nitrogens with one attached hydrogen (secondary N) is 2. The number of benzene rings is 2. The Morgan fingerprint density at radius 2 is 1.38 bits per heavy atom. The fraction of sp³-hybridized carbons (Fsp3) is 0.316. The first-order chi connectivity index (χ1) is 11.8. The van der Waals surface area contributed by atoms with Gasteiger partial charge >= 0.3 is 6.09 Å². The topological polar surface area (TPSA) is 59.6 Å². The lowest BCUT2D eigenvalue weighted by Gasteiger charge is -2.08. The van der Waals surface area contributed by atoms with Crippen LogP contribution in [-0.4, -0.2) is 19.2 Å². The fourth-order valence-electron chi connectivity index (χ4n) is 2.07. The third-order valence-corrected chi connectivity index (χ3v) is 3.37. The lowest BCUT2D eigenvalue weighted by atomic mass is 10.2. The molecule has 0 saturated heterocycles. The minimum Gasteiger partial charge on any atom is -0.445 e. The predicted octanol–water partition coefficient (Wildman–Crippen LogP) is 3.41.